The molecule has 1 aromatic heterocycles. The summed E-state index contributed by atoms with van der Waals surface area (Å²) >= 11 is 0. The third-order valence-corrected chi connectivity index (χ3v) is 3.63. The van der Waals surface area contributed by atoms with Gasteiger partial charge in [-0.3, -0.25) is 4.79 Å². The van der Waals surface area contributed by atoms with Gasteiger partial charge in [0.2, 0.25) is 0 Å². The van der Waals surface area contributed by atoms with Crippen LogP contribution in [-0.2, 0) is 21.4 Å². The number of aromatic nitrogens is 2. The molecule has 0 aliphatic heterocycles. The van der Waals surface area contributed by atoms with E-state index in [1.54, 1.807) is 16.8 Å². The van der Waals surface area contributed by atoms with Gasteiger partial charge in [0, 0.05) is 17.5 Å². The van der Waals surface area contributed by atoms with E-state index in [1.165, 1.54) is 12.1 Å². The van der Waals surface area contributed by atoms with Gasteiger partial charge in [0.25, 0.3) is 0 Å². The maximum atomic E-state index is 13.2. The van der Waals surface area contributed by atoms with E-state index in [0.717, 1.165) is 17.1 Å². The van der Waals surface area contributed by atoms with E-state index in [9.17, 15) is 9.18 Å². The van der Waals surface area contributed by atoms with Crippen LogP contribution in [0, 0.1) is 5.82 Å². The fourth-order valence-corrected chi connectivity index (χ4v) is 2.39. The Labute approximate surface area is 149 Å². The predicted octanol–water partition coefficient (Wildman–Crippen LogP) is 4.58. The smallest absolute Gasteiger partial charge is 0.306 e. The summed E-state index contributed by atoms with van der Waals surface area (Å²) in [7, 11) is 0. The van der Waals surface area contributed by atoms with E-state index < -0.39 is 5.60 Å². The molecule has 25 heavy (non-hydrogen) atoms. The number of esters is 1. The van der Waals surface area contributed by atoms with Gasteiger partial charge in [0.15, 0.2) is 0 Å². The van der Waals surface area contributed by atoms with Crippen molar-refractivity contribution in [2.75, 3.05) is 0 Å². The van der Waals surface area contributed by atoms with Gasteiger partial charge < -0.3 is 4.74 Å². The fourth-order valence-electron chi connectivity index (χ4n) is 2.39. The number of carbonyl (C=O) groups is 1. The summed E-state index contributed by atoms with van der Waals surface area (Å²) in [6.07, 6.45) is 0.781. The monoisotopic (exact) mass is 346 g/mol. The van der Waals surface area contributed by atoms with Gasteiger partial charge in [0.05, 0.1) is 17.8 Å². The number of nitrogens with zero attached hydrogens (tertiary/aromatic N) is 2. The highest BCUT2D eigenvalue weighted by Gasteiger charge is 2.22. The van der Waals surface area contributed by atoms with E-state index >= 15 is 0 Å². The fraction of sp³-hybridized carbons (Fsp3) is 0.500. The Morgan fingerprint density at radius 2 is 1.72 bits per heavy atom. The number of benzene rings is 1. The van der Waals surface area contributed by atoms with Crippen LogP contribution >= 0.6 is 0 Å². The topological polar surface area (TPSA) is 44.1 Å². The zero-order valence-electron chi connectivity index (χ0n) is 15.9. The number of carbonyl (C=O) groups excluding carboxylic acids is 1. The molecule has 0 unspecified atom stereocenters. The molecule has 0 spiro atoms. The molecule has 0 N–H and O–H groups in total. The summed E-state index contributed by atoms with van der Waals surface area (Å²) in [6.45, 7) is 11.8. The van der Waals surface area contributed by atoms with Crippen LogP contribution in [0.4, 0.5) is 4.39 Å². The van der Waals surface area contributed by atoms with E-state index in [-0.39, 0.29) is 23.6 Å². The standard InChI is InChI=1S/C20H27FN2O2/c1-19(2,3)17-13-16(11-12-18(24)25-20(4,5)6)23(22-17)15-9-7-14(21)8-10-15/h7-10,13H,11-12H2,1-6H3. The van der Waals surface area contributed by atoms with Crippen molar-refractivity contribution in [3.8, 4) is 5.69 Å². The van der Waals surface area contributed by atoms with E-state index in [1.807, 2.05) is 26.8 Å². The van der Waals surface area contributed by atoms with Crippen molar-refractivity contribution in [2.45, 2.75) is 65.4 Å². The zero-order chi connectivity index (χ0) is 18.8. The Hall–Kier alpha value is -2.17. The van der Waals surface area contributed by atoms with Gasteiger partial charge in [-0.05, 0) is 51.1 Å². The van der Waals surface area contributed by atoms with Gasteiger partial charge in [-0.2, -0.15) is 5.10 Å². The second kappa shape index (κ2) is 6.98. The van der Waals surface area contributed by atoms with Crippen LogP contribution in [-0.4, -0.2) is 21.4 Å². The molecule has 1 aromatic carbocycles. The highest BCUT2D eigenvalue weighted by Crippen LogP contribution is 2.24. The SMILES string of the molecule is CC(C)(C)OC(=O)CCc1cc(C(C)(C)C)nn1-c1ccc(F)cc1. The number of ether oxygens (including phenoxy) is 1. The Morgan fingerprint density at radius 3 is 2.24 bits per heavy atom. The second-order valence-electron chi connectivity index (χ2n) is 8.25. The minimum atomic E-state index is -0.495. The molecule has 2 aromatic rings. The molecule has 0 bridgehead atoms. The molecule has 0 radical (unpaired) electrons. The minimum absolute atomic E-state index is 0.119. The molecule has 0 fully saturated rings. The molecule has 0 atom stereocenters. The first-order valence-corrected chi connectivity index (χ1v) is 8.53. The molecule has 0 aliphatic carbocycles. The van der Waals surface area contributed by atoms with Gasteiger partial charge in [-0.25, -0.2) is 9.07 Å². The third-order valence-electron chi connectivity index (χ3n) is 3.63. The summed E-state index contributed by atoms with van der Waals surface area (Å²) < 4.78 is 20.4. The lowest BCUT2D eigenvalue weighted by molar-refractivity contribution is -0.154. The van der Waals surface area contributed by atoms with Gasteiger partial charge in [-0.15, -0.1) is 0 Å². The number of rotatable bonds is 4. The average molecular weight is 346 g/mol. The lowest BCUT2D eigenvalue weighted by Crippen LogP contribution is -2.24. The Bertz CT molecular complexity index is 735. The van der Waals surface area contributed by atoms with Crippen molar-refractivity contribution < 1.29 is 13.9 Å². The first kappa shape index (κ1) is 19.2. The molecular weight excluding hydrogens is 319 g/mol. The molecule has 1 heterocycles. The van der Waals surface area contributed by atoms with Gasteiger partial charge in [-0.1, -0.05) is 20.8 Å². The first-order valence-electron chi connectivity index (χ1n) is 8.53. The van der Waals surface area contributed by atoms with Crippen molar-refractivity contribution in [3.05, 3.63) is 47.5 Å². The van der Waals surface area contributed by atoms with Gasteiger partial charge in [0.1, 0.15) is 11.4 Å². The average Bonchev–Trinajstić information content (AvgIpc) is 2.88. The van der Waals surface area contributed by atoms with Crippen molar-refractivity contribution in [2.24, 2.45) is 0 Å². The number of hydrogen-bond donors (Lipinski definition) is 0. The largest absolute Gasteiger partial charge is 0.460 e. The highest BCUT2D eigenvalue weighted by molar-refractivity contribution is 5.70. The second-order valence-corrected chi connectivity index (χ2v) is 8.25. The normalized spacial score (nSPS) is 12.3. The number of hydrogen-bond acceptors (Lipinski definition) is 3. The van der Waals surface area contributed by atoms with Crippen LogP contribution in [0.25, 0.3) is 5.69 Å². The summed E-state index contributed by atoms with van der Waals surface area (Å²) in [5.74, 6) is -0.529. The molecule has 0 amide bonds. The molecule has 5 heteroatoms. The first-order chi connectivity index (χ1) is 11.5. The van der Waals surface area contributed by atoms with E-state index in [4.69, 9.17) is 4.74 Å². The van der Waals surface area contributed by atoms with E-state index in [0.29, 0.717) is 6.42 Å². The van der Waals surface area contributed by atoms with Crippen molar-refractivity contribution in [3.63, 3.8) is 0 Å². The van der Waals surface area contributed by atoms with Gasteiger partial charge >= 0.3 is 5.97 Å². The number of halogens is 1. The van der Waals surface area contributed by atoms with Crippen LogP contribution in [0.1, 0.15) is 59.4 Å². The molecule has 4 nitrogen and oxygen atoms in total. The third kappa shape index (κ3) is 5.41. The Morgan fingerprint density at radius 1 is 1.12 bits per heavy atom. The van der Waals surface area contributed by atoms with Crippen LogP contribution in [0.15, 0.2) is 30.3 Å². The summed E-state index contributed by atoms with van der Waals surface area (Å²) in [5.41, 5.74) is 1.99. The summed E-state index contributed by atoms with van der Waals surface area (Å²) in [6, 6.07) is 8.20. The Balaban J connectivity index is 2.27. The van der Waals surface area contributed by atoms with Crippen LogP contribution in [0.3, 0.4) is 0 Å². The molecule has 0 aliphatic rings. The maximum Gasteiger partial charge on any atom is 0.306 e. The lowest BCUT2D eigenvalue weighted by Gasteiger charge is -2.19. The van der Waals surface area contributed by atoms with E-state index in [2.05, 4.69) is 25.9 Å². The van der Waals surface area contributed by atoms with Crippen molar-refractivity contribution >= 4 is 5.97 Å². The molecule has 0 saturated carbocycles. The predicted molar refractivity (Wildman–Crippen MR) is 96.4 cm³/mol. The summed E-state index contributed by atoms with van der Waals surface area (Å²) in [5, 5.41) is 4.68. The molecule has 2 rings (SSSR count). The maximum absolute atomic E-state index is 13.2. The molecule has 136 valence electrons. The number of aryl methyl sites for hydroxylation is 1. The Kier molecular flexibility index (Phi) is 5.35. The van der Waals surface area contributed by atoms with Crippen LogP contribution < -0.4 is 0 Å². The van der Waals surface area contributed by atoms with Crippen LogP contribution in [0.2, 0.25) is 0 Å². The lowest BCUT2D eigenvalue weighted by atomic mass is 9.92. The van der Waals surface area contributed by atoms with Crippen molar-refractivity contribution in [1.29, 1.82) is 0 Å². The summed E-state index contributed by atoms with van der Waals surface area (Å²) in [4.78, 5) is 12.0. The molecule has 0 saturated heterocycles. The van der Waals surface area contributed by atoms with Crippen LogP contribution in [0.5, 0.6) is 0 Å². The highest BCUT2D eigenvalue weighted by atomic mass is 19.1. The molecular formula is C20H27FN2O2. The zero-order valence-corrected chi connectivity index (χ0v) is 15.9. The van der Waals surface area contributed by atoms with Crippen molar-refractivity contribution in [1.82, 2.24) is 9.78 Å². The quantitative estimate of drug-likeness (QED) is 0.761. The minimum Gasteiger partial charge on any atom is -0.460 e.